The van der Waals surface area contributed by atoms with Gasteiger partial charge in [-0.05, 0) is 66.9 Å². The number of halogens is 1. The summed E-state index contributed by atoms with van der Waals surface area (Å²) in [4.78, 5) is 0. The van der Waals surface area contributed by atoms with Gasteiger partial charge in [-0.1, -0.05) is 6.07 Å². The molecule has 0 aliphatic heterocycles. The molecule has 0 atom stereocenters. The van der Waals surface area contributed by atoms with Gasteiger partial charge < -0.3 is 5.32 Å². The Labute approximate surface area is 123 Å². The Morgan fingerprint density at radius 2 is 2.05 bits per heavy atom. The first-order valence-electron chi connectivity index (χ1n) is 6.40. The van der Waals surface area contributed by atoms with Crippen LogP contribution in [0.1, 0.15) is 31.9 Å². The van der Waals surface area contributed by atoms with Crippen LogP contribution in [0.4, 0.5) is 0 Å². The second-order valence-electron chi connectivity index (χ2n) is 5.82. The summed E-state index contributed by atoms with van der Waals surface area (Å²) in [5, 5.41) is 7.81. The molecule has 1 heterocycles. The molecule has 0 radical (unpaired) electrons. The minimum Gasteiger partial charge on any atom is -0.308 e. The van der Waals surface area contributed by atoms with Crippen molar-refractivity contribution < 1.29 is 0 Å². The average molecular weight is 322 g/mol. The largest absolute Gasteiger partial charge is 0.308 e. The average Bonchev–Trinajstić information content (AvgIpc) is 2.73. The van der Waals surface area contributed by atoms with Crippen LogP contribution in [-0.4, -0.2) is 15.3 Å². The van der Waals surface area contributed by atoms with E-state index in [9.17, 15) is 0 Å². The van der Waals surface area contributed by atoms with Crippen LogP contribution < -0.4 is 5.32 Å². The fraction of sp³-hybridized carbons (Fsp3) is 0.400. The third kappa shape index (κ3) is 3.91. The predicted octanol–water partition coefficient (Wildman–Crippen LogP) is 3.83. The maximum absolute atomic E-state index is 4.30. The second kappa shape index (κ2) is 5.47. The van der Waals surface area contributed by atoms with E-state index in [0.717, 1.165) is 16.7 Å². The van der Waals surface area contributed by atoms with Crippen LogP contribution in [0.3, 0.4) is 0 Å². The molecular weight excluding hydrogens is 302 g/mol. The second-order valence-corrected chi connectivity index (χ2v) is 6.73. The lowest BCUT2D eigenvalue weighted by molar-refractivity contribution is 0.424. The summed E-state index contributed by atoms with van der Waals surface area (Å²) < 4.78 is 2.86. The van der Waals surface area contributed by atoms with Gasteiger partial charge in [0.2, 0.25) is 0 Å². The molecule has 0 saturated carbocycles. The van der Waals surface area contributed by atoms with Crippen molar-refractivity contribution in [1.82, 2.24) is 15.1 Å². The Bertz CT molecular complexity index is 567. The first kappa shape index (κ1) is 14.3. The first-order chi connectivity index (χ1) is 8.85. The molecule has 3 nitrogen and oxygen atoms in total. The van der Waals surface area contributed by atoms with Crippen molar-refractivity contribution in [3.05, 3.63) is 46.2 Å². The van der Waals surface area contributed by atoms with Gasteiger partial charge in [-0.25, -0.2) is 4.68 Å². The Hall–Kier alpha value is -1.13. The highest BCUT2D eigenvalue weighted by Gasteiger charge is 2.10. The molecule has 0 amide bonds. The zero-order chi connectivity index (χ0) is 14.0. The first-order valence-corrected chi connectivity index (χ1v) is 7.19. The van der Waals surface area contributed by atoms with Crippen molar-refractivity contribution >= 4 is 15.9 Å². The molecule has 1 aromatic carbocycles. The SMILES string of the molecule is Cc1cc(-n2cc(Br)cn2)ccc1CNC(C)(C)C. The van der Waals surface area contributed by atoms with E-state index < -0.39 is 0 Å². The van der Waals surface area contributed by atoms with Crippen LogP contribution in [0, 0.1) is 6.92 Å². The smallest absolute Gasteiger partial charge is 0.0648 e. The topological polar surface area (TPSA) is 29.9 Å². The molecule has 1 aromatic heterocycles. The summed E-state index contributed by atoms with van der Waals surface area (Å²) >= 11 is 3.42. The van der Waals surface area contributed by atoms with Gasteiger partial charge in [0.1, 0.15) is 0 Å². The number of nitrogens with one attached hydrogen (secondary N) is 1. The van der Waals surface area contributed by atoms with E-state index in [2.05, 4.69) is 72.2 Å². The van der Waals surface area contributed by atoms with E-state index in [-0.39, 0.29) is 5.54 Å². The normalized spacial score (nSPS) is 11.8. The third-order valence-corrected chi connectivity index (χ3v) is 3.36. The van der Waals surface area contributed by atoms with Crippen LogP contribution in [-0.2, 0) is 6.54 Å². The Kier molecular flexibility index (Phi) is 4.11. The maximum atomic E-state index is 4.30. The van der Waals surface area contributed by atoms with Gasteiger partial charge in [-0.3, -0.25) is 0 Å². The van der Waals surface area contributed by atoms with Crippen LogP contribution >= 0.6 is 15.9 Å². The molecule has 0 aliphatic carbocycles. The summed E-state index contributed by atoms with van der Waals surface area (Å²) in [6, 6.07) is 6.43. The maximum Gasteiger partial charge on any atom is 0.0648 e. The molecule has 1 N–H and O–H groups in total. The highest BCUT2D eigenvalue weighted by atomic mass is 79.9. The molecular formula is C15H20BrN3. The van der Waals surface area contributed by atoms with E-state index in [0.29, 0.717) is 0 Å². The monoisotopic (exact) mass is 321 g/mol. The van der Waals surface area contributed by atoms with Crippen molar-refractivity contribution in [1.29, 1.82) is 0 Å². The molecule has 2 rings (SSSR count). The van der Waals surface area contributed by atoms with E-state index >= 15 is 0 Å². The Balaban J connectivity index is 2.18. The van der Waals surface area contributed by atoms with Crippen LogP contribution in [0.15, 0.2) is 35.1 Å². The lowest BCUT2D eigenvalue weighted by Crippen LogP contribution is -2.35. The fourth-order valence-electron chi connectivity index (χ4n) is 1.82. The van der Waals surface area contributed by atoms with Gasteiger partial charge in [0.05, 0.1) is 16.4 Å². The summed E-state index contributed by atoms with van der Waals surface area (Å²) in [5.74, 6) is 0. The number of rotatable bonds is 3. The number of aryl methyl sites for hydroxylation is 1. The molecule has 0 fully saturated rings. The zero-order valence-electron chi connectivity index (χ0n) is 11.9. The fourth-order valence-corrected chi connectivity index (χ4v) is 2.11. The minimum atomic E-state index is 0.137. The van der Waals surface area contributed by atoms with Crippen molar-refractivity contribution in [2.75, 3.05) is 0 Å². The molecule has 19 heavy (non-hydrogen) atoms. The third-order valence-electron chi connectivity index (χ3n) is 2.95. The lowest BCUT2D eigenvalue weighted by Gasteiger charge is -2.21. The summed E-state index contributed by atoms with van der Waals surface area (Å²) in [7, 11) is 0. The van der Waals surface area contributed by atoms with Gasteiger partial charge in [-0.2, -0.15) is 5.10 Å². The van der Waals surface area contributed by atoms with Gasteiger partial charge in [-0.15, -0.1) is 0 Å². The van der Waals surface area contributed by atoms with Crippen molar-refractivity contribution in [3.63, 3.8) is 0 Å². The predicted molar refractivity (Wildman–Crippen MR) is 82.6 cm³/mol. The molecule has 0 aliphatic rings. The quantitative estimate of drug-likeness (QED) is 0.931. The van der Waals surface area contributed by atoms with Crippen molar-refractivity contribution in [3.8, 4) is 5.69 Å². The summed E-state index contributed by atoms with van der Waals surface area (Å²) in [6.07, 6.45) is 3.76. The Morgan fingerprint density at radius 3 is 2.58 bits per heavy atom. The zero-order valence-corrected chi connectivity index (χ0v) is 13.5. The van der Waals surface area contributed by atoms with Crippen molar-refractivity contribution in [2.24, 2.45) is 0 Å². The number of hydrogen-bond acceptors (Lipinski definition) is 2. The number of hydrogen-bond donors (Lipinski definition) is 1. The van der Waals surface area contributed by atoms with Gasteiger partial charge in [0.15, 0.2) is 0 Å². The number of aromatic nitrogens is 2. The summed E-state index contributed by atoms with van der Waals surface area (Å²) in [5.41, 5.74) is 3.83. The van der Waals surface area contributed by atoms with Gasteiger partial charge in [0.25, 0.3) is 0 Å². The standard InChI is InChI=1S/C15H20BrN3/c1-11-7-14(19-10-13(16)9-18-19)6-5-12(11)8-17-15(2,3)4/h5-7,9-10,17H,8H2,1-4H3. The van der Waals surface area contributed by atoms with Gasteiger partial charge in [0, 0.05) is 18.3 Å². The Morgan fingerprint density at radius 1 is 1.32 bits per heavy atom. The molecule has 0 bridgehead atoms. The molecule has 4 heteroatoms. The highest BCUT2D eigenvalue weighted by molar-refractivity contribution is 9.10. The molecule has 2 aromatic rings. The van der Waals surface area contributed by atoms with Gasteiger partial charge >= 0.3 is 0 Å². The molecule has 0 saturated heterocycles. The summed E-state index contributed by atoms with van der Waals surface area (Å²) in [6.45, 7) is 9.56. The van der Waals surface area contributed by atoms with Crippen LogP contribution in [0.5, 0.6) is 0 Å². The van der Waals surface area contributed by atoms with E-state index in [4.69, 9.17) is 0 Å². The van der Waals surface area contributed by atoms with E-state index in [1.165, 1.54) is 11.1 Å². The highest BCUT2D eigenvalue weighted by Crippen LogP contribution is 2.17. The molecule has 102 valence electrons. The lowest BCUT2D eigenvalue weighted by atomic mass is 10.0. The minimum absolute atomic E-state index is 0.137. The molecule has 0 spiro atoms. The number of nitrogens with zero attached hydrogens (tertiary/aromatic N) is 2. The van der Waals surface area contributed by atoms with Crippen molar-refractivity contribution in [2.45, 2.75) is 39.8 Å². The van der Waals surface area contributed by atoms with Crippen LogP contribution in [0.25, 0.3) is 5.69 Å². The van der Waals surface area contributed by atoms with E-state index in [1.54, 1.807) is 6.20 Å². The number of benzene rings is 1. The van der Waals surface area contributed by atoms with Crippen LogP contribution in [0.2, 0.25) is 0 Å². The molecule has 0 unspecified atom stereocenters. The van der Waals surface area contributed by atoms with E-state index in [1.807, 2.05) is 10.9 Å².